The molecule has 1 heterocycles. The maximum atomic E-state index is 5.73. The summed E-state index contributed by atoms with van der Waals surface area (Å²) in [5, 5.41) is 0. The Kier molecular flexibility index (Phi) is 3.52. The number of rotatable bonds is 5. The van der Waals surface area contributed by atoms with E-state index in [2.05, 4.69) is 17.0 Å². The highest BCUT2D eigenvalue weighted by Crippen LogP contribution is 2.30. The van der Waals surface area contributed by atoms with Gasteiger partial charge in [0.25, 0.3) is 0 Å². The monoisotopic (exact) mass is 246 g/mol. The molecule has 2 fully saturated rings. The highest BCUT2D eigenvalue weighted by Gasteiger charge is 2.31. The predicted molar refractivity (Wildman–Crippen MR) is 73.2 cm³/mol. The van der Waals surface area contributed by atoms with E-state index in [-0.39, 0.29) is 0 Å². The Balaban J connectivity index is 1.60. The summed E-state index contributed by atoms with van der Waals surface area (Å²) in [4.78, 5) is 2.63. The first-order valence-electron chi connectivity index (χ1n) is 6.97. The summed E-state index contributed by atoms with van der Waals surface area (Å²) in [5.74, 6) is 0.736. The van der Waals surface area contributed by atoms with Crippen LogP contribution in [0.1, 0.15) is 24.8 Å². The molecule has 98 valence electrons. The van der Waals surface area contributed by atoms with Crippen molar-refractivity contribution in [3.63, 3.8) is 0 Å². The third kappa shape index (κ3) is 3.03. The standard InChI is InChI=1S/C15H22N2O/c16-14-3-1-12(2-4-14)9-17(15-5-6-15)10-13-7-8-18-11-13/h1-4,13,15H,5-11,16H2. The number of nitrogens with zero attached hydrogens (tertiary/aromatic N) is 1. The molecule has 1 aromatic rings. The minimum absolute atomic E-state index is 0.736. The van der Waals surface area contributed by atoms with Crippen LogP contribution in [0.15, 0.2) is 24.3 Å². The Labute approximate surface area is 109 Å². The van der Waals surface area contributed by atoms with Gasteiger partial charge in [0.1, 0.15) is 0 Å². The van der Waals surface area contributed by atoms with Crippen LogP contribution in [0.5, 0.6) is 0 Å². The lowest BCUT2D eigenvalue weighted by molar-refractivity contribution is 0.161. The average molecular weight is 246 g/mol. The van der Waals surface area contributed by atoms with Gasteiger partial charge in [-0.15, -0.1) is 0 Å². The zero-order valence-corrected chi connectivity index (χ0v) is 10.8. The predicted octanol–water partition coefficient (Wildman–Crippen LogP) is 2.27. The number of ether oxygens (including phenoxy) is 1. The van der Waals surface area contributed by atoms with Gasteiger partial charge in [-0.3, -0.25) is 4.90 Å². The van der Waals surface area contributed by atoms with Crippen LogP contribution in [-0.4, -0.2) is 30.7 Å². The number of benzene rings is 1. The van der Waals surface area contributed by atoms with E-state index in [1.54, 1.807) is 0 Å². The number of anilines is 1. The summed E-state index contributed by atoms with van der Waals surface area (Å²) in [5.41, 5.74) is 7.95. The lowest BCUT2D eigenvalue weighted by atomic mass is 10.1. The minimum Gasteiger partial charge on any atom is -0.399 e. The topological polar surface area (TPSA) is 38.5 Å². The first kappa shape index (κ1) is 12.0. The van der Waals surface area contributed by atoms with Gasteiger partial charge in [-0.25, -0.2) is 0 Å². The molecule has 0 radical (unpaired) electrons. The third-order valence-corrected chi connectivity index (χ3v) is 3.95. The molecule has 2 N–H and O–H groups in total. The van der Waals surface area contributed by atoms with Crippen molar-refractivity contribution in [2.24, 2.45) is 5.92 Å². The van der Waals surface area contributed by atoms with Crippen LogP contribution < -0.4 is 5.73 Å². The minimum atomic E-state index is 0.736. The lowest BCUT2D eigenvalue weighted by Gasteiger charge is -2.24. The highest BCUT2D eigenvalue weighted by atomic mass is 16.5. The molecule has 0 spiro atoms. The summed E-state index contributed by atoms with van der Waals surface area (Å²) in [6.07, 6.45) is 3.95. The molecule has 1 aliphatic carbocycles. The van der Waals surface area contributed by atoms with Crippen molar-refractivity contribution < 1.29 is 4.74 Å². The van der Waals surface area contributed by atoms with E-state index < -0.39 is 0 Å². The van der Waals surface area contributed by atoms with E-state index >= 15 is 0 Å². The van der Waals surface area contributed by atoms with Gasteiger partial charge >= 0.3 is 0 Å². The van der Waals surface area contributed by atoms with Gasteiger partial charge in [0.05, 0.1) is 6.61 Å². The van der Waals surface area contributed by atoms with Crippen molar-refractivity contribution in [1.82, 2.24) is 4.90 Å². The van der Waals surface area contributed by atoms with Gasteiger partial charge < -0.3 is 10.5 Å². The molecule has 3 heteroatoms. The molecule has 2 aliphatic rings. The highest BCUT2D eigenvalue weighted by molar-refractivity contribution is 5.39. The first-order chi connectivity index (χ1) is 8.81. The van der Waals surface area contributed by atoms with Gasteiger partial charge in [-0.1, -0.05) is 12.1 Å². The smallest absolute Gasteiger partial charge is 0.0507 e. The quantitative estimate of drug-likeness (QED) is 0.810. The summed E-state index contributed by atoms with van der Waals surface area (Å²) >= 11 is 0. The second-order valence-electron chi connectivity index (χ2n) is 5.63. The van der Waals surface area contributed by atoms with E-state index in [0.717, 1.165) is 37.4 Å². The summed E-state index contributed by atoms with van der Waals surface area (Å²) in [6.45, 7) is 4.15. The first-order valence-corrected chi connectivity index (χ1v) is 6.97. The van der Waals surface area contributed by atoms with Crippen LogP contribution in [0.3, 0.4) is 0 Å². The number of hydrogen-bond donors (Lipinski definition) is 1. The number of nitrogens with two attached hydrogens (primary N) is 1. The zero-order valence-electron chi connectivity index (χ0n) is 10.8. The maximum absolute atomic E-state index is 5.73. The number of hydrogen-bond acceptors (Lipinski definition) is 3. The molecule has 1 atom stereocenters. The molecule has 1 aromatic carbocycles. The fraction of sp³-hybridized carbons (Fsp3) is 0.600. The van der Waals surface area contributed by atoms with Crippen molar-refractivity contribution in [3.8, 4) is 0 Å². The molecule has 1 saturated carbocycles. The molecular formula is C15H22N2O. The molecule has 3 rings (SSSR count). The molecule has 1 saturated heterocycles. The van der Waals surface area contributed by atoms with Crippen molar-refractivity contribution in [2.75, 3.05) is 25.5 Å². The number of nitrogen functional groups attached to an aromatic ring is 1. The van der Waals surface area contributed by atoms with Crippen LogP contribution >= 0.6 is 0 Å². The molecule has 0 bridgehead atoms. The van der Waals surface area contributed by atoms with E-state index in [4.69, 9.17) is 10.5 Å². The Hall–Kier alpha value is -1.06. The normalized spacial score (nSPS) is 23.7. The van der Waals surface area contributed by atoms with E-state index in [1.165, 1.54) is 31.4 Å². The molecule has 0 aromatic heterocycles. The fourth-order valence-electron chi connectivity index (χ4n) is 2.70. The second-order valence-corrected chi connectivity index (χ2v) is 5.63. The summed E-state index contributed by atoms with van der Waals surface area (Å²) in [6, 6.07) is 9.10. The Morgan fingerprint density at radius 2 is 1.94 bits per heavy atom. The average Bonchev–Trinajstić information content (AvgIpc) is 3.10. The molecule has 1 unspecified atom stereocenters. The van der Waals surface area contributed by atoms with Crippen LogP contribution in [0.2, 0.25) is 0 Å². The van der Waals surface area contributed by atoms with Crippen LogP contribution in [0, 0.1) is 5.92 Å². The van der Waals surface area contributed by atoms with Crippen molar-refractivity contribution in [1.29, 1.82) is 0 Å². The van der Waals surface area contributed by atoms with Crippen LogP contribution in [0.4, 0.5) is 5.69 Å². The van der Waals surface area contributed by atoms with Crippen molar-refractivity contribution in [2.45, 2.75) is 31.8 Å². The second kappa shape index (κ2) is 5.29. The van der Waals surface area contributed by atoms with E-state index in [0.29, 0.717) is 0 Å². The molecule has 0 amide bonds. The third-order valence-electron chi connectivity index (χ3n) is 3.95. The fourth-order valence-corrected chi connectivity index (χ4v) is 2.70. The van der Waals surface area contributed by atoms with Crippen molar-refractivity contribution >= 4 is 5.69 Å². The maximum Gasteiger partial charge on any atom is 0.0507 e. The molecule has 3 nitrogen and oxygen atoms in total. The Morgan fingerprint density at radius 1 is 1.17 bits per heavy atom. The van der Waals surface area contributed by atoms with Gasteiger partial charge in [0, 0.05) is 31.4 Å². The molecular weight excluding hydrogens is 224 g/mol. The van der Waals surface area contributed by atoms with E-state index in [1.807, 2.05) is 12.1 Å². The lowest BCUT2D eigenvalue weighted by Crippen LogP contribution is -2.31. The van der Waals surface area contributed by atoms with Gasteiger partial charge in [0.15, 0.2) is 0 Å². The Bertz CT molecular complexity index is 380. The van der Waals surface area contributed by atoms with Crippen molar-refractivity contribution in [3.05, 3.63) is 29.8 Å². The van der Waals surface area contributed by atoms with Crippen LogP contribution in [-0.2, 0) is 11.3 Å². The summed E-state index contributed by atoms with van der Waals surface area (Å²) in [7, 11) is 0. The zero-order chi connectivity index (χ0) is 12.4. The Morgan fingerprint density at radius 3 is 2.56 bits per heavy atom. The largest absolute Gasteiger partial charge is 0.399 e. The van der Waals surface area contributed by atoms with Crippen LogP contribution in [0.25, 0.3) is 0 Å². The van der Waals surface area contributed by atoms with Gasteiger partial charge in [-0.2, -0.15) is 0 Å². The van der Waals surface area contributed by atoms with Gasteiger partial charge in [0.2, 0.25) is 0 Å². The molecule has 18 heavy (non-hydrogen) atoms. The van der Waals surface area contributed by atoms with E-state index in [9.17, 15) is 0 Å². The van der Waals surface area contributed by atoms with Gasteiger partial charge in [-0.05, 0) is 42.9 Å². The SMILES string of the molecule is Nc1ccc(CN(CC2CCOC2)C2CC2)cc1. The molecule has 1 aliphatic heterocycles. The summed E-state index contributed by atoms with van der Waals surface area (Å²) < 4.78 is 5.48.